The fraction of sp³-hybridized carbons (Fsp3) is 0.360. The van der Waals surface area contributed by atoms with E-state index in [4.69, 9.17) is 0 Å². The Labute approximate surface area is 213 Å². The van der Waals surface area contributed by atoms with Gasteiger partial charge in [0.25, 0.3) is 5.91 Å². The lowest BCUT2D eigenvalue weighted by atomic mass is 10.1. The van der Waals surface area contributed by atoms with Crippen molar-refractivity contribution in [2.45, 2.75) is 20.4 Å². The zero-order valence-corrected chi connectivity index (χ0v) is 21.1. The van der Waals surface area contributed by atoms with Crippen LogP contribution in [0.2, 0.25) is 0 Å². The van der Waals surface area contributed by atoms with Crippen LogP contribution in [0.3, 0.4) is 0 Å². The lowest BCUT2D eigenvalue weighted by Gasteiger charge is -2.34. The highest BCUT2D eigenvalue weighted by Gasteiger charge is 2.27. The first kappa shape index (κ1) is 23.1. The summed E-state index contributed by atoms with van der Waals surface area (Å²) >= 11 is 0. The van der Waals surface area contributed by atoms with Crippen LogP contribution in [-0.2, 0) is 11.3 Å². The predicted octanol–water partition coefficient (Wildman–Crippen LogP) is 2.12. The summed E-state index contributed by atoms with van der Waals surface area (Å²) in [6, 6.07) is 9.83. The summed E-state index contributed by atoms with van der Waals surface area (Å²) in [5, 5.41) is 23.4. The highest BCUT2D eigenvalue weighted by atomic mass is 16.1. The predicted molar refractivity (Wildman–Crippen MR) is 141 cm³/mol. The maximum absolute atomic E-state index is 13.2. The third kappa shape index (κ3) is 4.18. The molecule has 2 aliphatic rings. The Hall–Kier alpha value is -4.32. The Balaban J connectivity index is 1.25. The monoisotopic (exact) mass is 499 g/mol. The van der Waals surface area contributed by atoms with Crippen LogP contribution in [0.1, 0.15) is 13.8 Å². The highest BCUT2D eigenvalue weighted by molar-refractivity contribution is 6.06. The Morgan fingerprint density at radius 3 is 2.78 bits per heavy atom. The molecule has 190 valence electrons. The Bertz CT molecular complexity index is 1500. The highest BCUT2D eigenvalue weighted by Crippen LogP contribution is 2.31. The number of carbonyl (C=O) groups is 1. The number of pyridine rings is 1. The van der Waals surface area contributed by atoms with Crippen LogP contribution < -0.4 is 15.1 Å². The number of tetrazole rings is 1. The molecule has 1 saturated heterocycles. The van der Waals surface area contributed by atoms with Gasteiger partial charge in [-0.05, 0) is 54.2 Å². The quantitative estimate of drug-likeness (QED) is 0.425. The van der Waals surface area contributed by atoms with Crippen molar-refractivity contribution in [2.24, 2.45) is 0 Å². The second-order valence-electron chi connectivity index (χ2n) is 9.37. The molecular weight excluding hydrogens is 470 g/mol. The number of amides is 1. The van der Waals surface area contributed by atoms with E-state index in [1.807, 2.05) is 49.3 Å². The van der Waals surface area contributed by atoms with Crippen molar-refractivity contribution in [1.82, 2.24) is 40.3 Å². The molecule has 0 radical (unpaired) electrons. The number of rotatable bonds is 5. The molecule has 0 unspecified atom stereocenters. The van der Waals surface area contributed by atoms with Crippen molar-refractivity contribution in [1.29, 1.82) is 0 Å². The molecular formula is C25H29N11O. The van der Waals surface area contributed by atoms with Crippen LogP contribution >= 0.6 is 0 Å². The van der Waals surface area contributed by atoms with Gasteiger partial charge in [-0.2, -0.15) is 5.10 Å². The number of aromatic nitrogens is 7. The van der Waals surface area contributed by atoms with Crippen LogP contribution in [-0.4, -0.2) is 86.0 Å². The first-order valence-corrected chi connectivity index (χ1v) is 12.4. The third-order valence-electron chi connectivity index (χ3n) is 7.32. The van der Waals surface area contributed by atoms with E-state index >= 15 is 0 Å². The largest absolute Gasteiger partial charge is 0.354 e. The van der Waals surface area contributed by atoms with E-state index in [2.05, 4.69) is 58.8 Å². The fourth-order valence-electron chi connectivity index (χ4n) is 4.95. The molecule has 0 saturated carbocycles. The number of aromatic amines is 1. The molecule has 6 rings (SSSR count). The molecule has 0 spiro atoms. The molecule has 2 aliphatic heterocycles. The normalized spacial score (nSPS) is 16.4. The number of allylic oxidation sites excluding steroid dienone is 1. The first-order valence-electron chi connectivity index (χ1n) is 12.4. The molecule has 5 heterocycles. The second kappa shape index (κ2) is 9.28. The van der Waals surface area contributed by atoms with Crippen molar-refractivity contribution in [3.05, 3.63) is 47.8 Å². The Morgan fingerprint density at radius 1 is 1.14 bits per heavy atom. The number of H-pyrrole nitrogens is 1. The summed E-state index contributed by atoms with van der Waals surface area (Å²) in [7, 11) is 1.85. The minimum absolute atomic E-state index is 0.188. The minimum Gasteiger partial charge on any atom is -0.354 e. The summed E-state index contributed by atoms with van der Waals surface area (Å²) in [5.41, 5.74) is 4.82. The molecule has 12 nitrogen and oxygen atoms in total. The van der Waals surface area contributed by atoms with Gasteiger partial charge in [0.2, 0.25) is 5.95 Å². The minimum atomic E-state index is -0.188. The van der Waals surface area contributed by atoms with Crippen molar-refractivity contribution >= 4 is 34.3 Å². The number of hydrogen-bond donors (Lipinski definition) is 2. The van der Waals surface area contributed by atoms with E-state index in [9.17, 15) is 4.79 Å². The standard InChI is InChI=1S/C25H29N11O/c1-4-34-9-11-35(12-10-34)22-13-17(7-8-26-22)23-19-14-18(5-6-21(19)28-29-23)27-24(37)20-15-36-25(30-31-32-36)33(3)16(20)2/h5-8,13-14H,4,9-12,15H2,1-3H3,(H,27,37)(H,28,29). The number of fused-ring (bicyclic) bond motifs is 2. The van der Waals surface area contributed by atoms with Gasteiger partial charge in [0.05, 0.1) is 17.6 Å². The van der Waals surface area contributed by atoms with Gasteiger partial charge in [0.1, 0.15) is 11.5 Å². The van der Waals surface area contributed by atoms with E-state index in [0.29, 0.717) is 23.8 Å². The molecule has 1 fully saturated rings. The fourth-order valence-corrected chi connectivity index (χ4v) is 4.95. The molecule has 0 atom stereocenters. The summed E-state index contributed by atoms with van der Waals surface area (Å²) in [6.45, 7) is 9.48. The molecule has 3 aromatic heterocycles. The number of carbonyl (C=O) groups excluding carboxylic acids is 1. The van der Waals surface area contributed by atoms with Crippen LogP contribution in [0.5, 0.6) is 0 Å². The maximum Gasteiger partial charge on any atom is 0.255 e. The molecule has 2 N–H and O–H groups in total. The van der Waals surface area contributed by atoms with E-state index < -0.39 is 0 Å². The number of hydrogen-bond acceptors (Lipinski definition) is 9. The van der Waals surface area contributed by atoms with Gasteiger partial charge in [-0.15, -0.1) is 0 Å². The van der Waals surface area contributed by atoms with Crippen molar-refractivity contribution in [3.8, 4) is 11.3 Å². The first-order chi connectivity index (χ1) is 18.0. The zero-order chi connectivity index (χ0) is 25.5. The number of piperazine rings is 1. The molecule has 1 aromatic carbocycles. The zero-order valence-electron chi connectivity index (χ0n) is 21.1. The van der Waals surface area contributed by atoms with Gasteiger partial charge in [-0.3, -0.25) is 9.89 Å². The number of likely N-dealkylation sites (N-methyl/N-ethyl adjacent to an activating group) is 1. The van der Waals surface area contributed by atoms with Crippen LogP contribution in [0.15, 0.2) is 47.8 Å². The molecule has 1 amide bonds. The van der Waals surface area contributed by atoms with Gasteiger partial charge in [0.15, 0.2) is 0 Å². The third-order valence-corrected chi connectivity index (χ3v) is 7.32. The number of benzene rings is 1. The summed E-state index contributed by atoms with van der Waals surface area (Å²) in [5.74, 6) is 1.38. The van der Waals surface area contributed by atoms with E-state index in [-0.39, 0.29) is 5.91 Å². The van der Waals surface area contributed by atoms with E-state index in [1.165, 1.54) is 0 Å². The van der Waals surface area contributed by atoms with Gasteiger partial charge >= 0.3 is 0 Å². The summed E-state index contributed by atoms with van der Waals surface area (Å²) in [4.78, 5) is 24.4. The summed E-state index contributed by atoms with van der Waals surface area (Å²) in [6.07, 6.45) is 1.84. The average molecular weight is 500 g/mol. The molecule has 4 aromatic rings. The topological polar surface area (TPSA) is 124 Å². The van der Waals surface area contributed by atoms with E-state index in [0.717, 1.165) is 66.4 Å². The Morgan fingerprint density at radius 2 is 1.97 bits per heavy atom. The second-order valence-corrected chi connectivity index (χ2v) is 9.37. The van der Waals surface area contributed by atoms with Gasteiger partial charge in [0, 0.05) is 61.8 Å². The van der Waals surface area contributed by atoms with Gasteiger partial charge in [-0.1, -0.05) is 12.0 Å². The summed E-state index contributed by atoms with van der Waals surface area (Å²) < 4.78 is 1.61. The number of nitrogens with zero attached hydrogens (tertiary/aromatic N) is 9. The van der Waals surface area contributed by atoms with Crippen LogP contribution in [0.4, 0.5) is 17.5 Å². The van der Waals surface area contributed by atoms with Crippen LogP contribution in [0, 0.1) is 0 Å². The number of anilines is 3. The van der Waals surface area contributed by atoms with Crippen molar-refractivity contribution < 1.29 is 4.79 Å². The molecule has 0 bridgehead atoms. The molecule has 12 heteroatoms. The van der Waals surface area contributed by atoms with Crippen molar-refractivity contribution in [2.75, 3.05) is 54.9 Å². The molecule has 0 aliphatic carbocycles. The maximum atomic E-state index is 13.2. The Kier molecular flexibility index (Phi) is 5.80. The SMILES string of the molecule is CCN1CCN(c2cc(-c3n[nH]c4ccc(NC(=O)C5=C(C)N(C)c6nnnn6C5)cc34)ccn2)CC1. The number of nitrogens with one attached hydrogen (secondary N) is 2. The van der Waals surface area contributed by atoms with E-state index in [1.54, 1.807) is 4.68 Å². The van der Waals surface area contributed by atoms with Crippen LogP contribution in [0.25, 0.3) is 22.2 Å². The van der Waals surface area contributed by atoms with Gasteiger partial charge in [-0.25, -0.2) is 9.67 Å². The van der Waals surface area contributed by atoms with Gasteiger partial charge < -0.3 is 20.0 Å². The lowest BCUT2D eigenvalue weighted by molar-refractivity contribution is -0.113. The average Bonchev–Trinajstić information content (AvgIpc) is 3.58. The molecule has 37 heavy (non-hydrogen) atoms. The lowest BCUT2D eigenvalue weighted by Crippen LogP contribution is -2.46. The smallest absolute Gasteiger partial charge is 0.255 e. The van der Waals surface area contributed by atoms with Crippen molar-refractivity contribution in [3.63, 3.8) is 0 Å².